The second-order valence-electron chi connectivity index (χ2n) is 5.03. The van der Waals surface area contributed by atoms with Gasteiger partial charge in [-0.15, -0.1) is 0 Å². The van der Waals surface area contributed by atoms with Crippen molar-refractivity contribution in [3.8, 4) is 5.75 Å². The summed E-state index contributed by atoms with van der Waals surface area (Å²) in [7, 11) is 0. The molecule has 0 aliphatic heterocycles. The van der Waals surface area contributed by atoms with Gasteiger partial charge in [-0.25, -0.2) is 4.39 Å². The zero-order chi connectivity index (χ0) is 15.7. The van der Waals surface area contributed by atoms with Gasteiger partial charge >= 0.3 is 0 Å². The van der Waals surface area contributed by atoms with Gasteiger partial charge in [0.2, 0.25) is 0 Å². The molecule has 1 aromatic rings. The lowest BCUT2D eigenvalue weighted by atomic mass is 10.2. The number of nitrogen functional groups attached to an aromatic ring is 1. The lowest BCUT2D eigenvalue weighted by Gasteiger charge is -2.18. The number of rotatable bonds is 10. The van der Waals surface area contributed by atoms with Crippen molar-refractivity contribution < 1.29 is 9.13 Å². The predicted octanol–water partition coefficient (Wildman–Crippen LogP) is 3.34. The number of halogens is 1. The summed E-state index contributed by atoms with van der Waals surface area (Å²) in [4.78, 5) is 2.37. The second kappa shape index (κ2) is 9.45. The van der Waals surface area contributed by atoms with Crippen LogP contribution in [-0.4, -0.2) is 37.7 Å². The van der Waals surface area contributed by atoms with Crippen LogP contribution in [0.15, 0.2) is 12.1 Å². The summed E-state index contributed by atoms with van der Waals surface area (Å²) in [5.41, 5.74) is 7.00. The Hall–Kier alpha value is -1.49. The van der Waals surface area contributed by atoms with Gasteiger partial charge in [0.25, 0.3) is 0 Å². The lowest BCUT2D eigenvalue weighted by molar-refractivity contribution is 0.301. The Labute approximate surface area is 127 Å². The molecule has 0 aromatic heterocycles. The van der Waals surface area contributed by atoms with Crippen LogP contribution >= 0.6 is 0 Å². The summed E-state index contributed by atoms with van der Waals surface area (Å²) in [6, 6.07) is 2.97. The van der Waals surface area contributed by atoms with E-state index in [2.05, 4.69) is 24.1 Å². The number of hydrogen-bond donors (Lipinski definition) is 2. The normalized spacial score (nSPS) is 10.9. The Balaban J connectivity index is 2.54. The van der Waals surface area contributed by atoms with Gasteiger partial charge in [0.1, 0.15) is 0 Å². The Morgan fingerprint density at radius 2 is 1.95 bits per heavy atom. The van der Waals surface area contributed by atoms with Gasteiger partial charge in [0.15, 0.2) is 11.6 Å². The molecule has 0 spiro atoms. The van der Waals surface area contributed by atoms with Gasteiger partial charge in [0, 0.05) is 18.7 Å². The quantitative estimate of drug-likeness (QED) is 0.514. The molecule has 0 amide bonds. The van der Waals surface area contributed by atoms with E-state index in [1.807, 2.05) is 6.92 Å². The minimum atomic E-state index is -0.408. The number of hydrogen-bond acceptors (Lipinski definition) is 4. The first-order valence-electron chi connectivity index (χ1n) is 7.80. The third kappa shape index (κ3) is 5.79. The Morgan fingerprint density at radius 1 is 1.24 bits per heavy atom. The van der Waals surface area contributed by atoms with E-state index in [4.69, 9.17) is 10.5 Å². The molecule has 0 radical (unpaired) electrons. The maximum Gasteiger partial charge on any atom is 0.167 e. The predicted molar refractivity (Wildman–Crippen MR) is 87.5 cm³/mol. The van der Waals surface area contributed by atoms with E-state index >= 15 is 0 Å². The molecule has 21 heavy (non-hydrogen) atoms. The van der Waals surface area contributed by atoms with E-state index in [0.717, 1.165) is 44.7 Å². The first kappa shape index (κ1) is 17.6. The van der Waals surface area contributed by atoms with Crippen LogP contribution in [0.5, 0.6) is 5.75 Å². The molecule has 0 saturated carbocycles. The van der Waals surface area contributed by atoms with Crippen LogP contribution in [0.3, 0.4) is 0 Å². The van der Waals surface area contributed by atoms with Crippen LogP contribution in [0.1, 0.15) is 33.6 Å². The number of nitrogens with two attached hydrogens (primary N) is 1. The van der Waals surface area contributed by atoms with Crippen LogP contribution < -0.4 is 15.8 Å². The minimum Gasteiger partial charge on any atom is -0.490 e. The van der Waals surface area contributed by atoms with Crippen LogP contribution in [0.4, 0.5) is 15.8 Å². The van der Waals surface area contributed by atoms with Crippen molar-refractivity contribution in [2.24, 2.45) is 0 Å². The topological polar surface area (TPSA) is 50.5 Å². The first-order chi connectivity index (χ1) is 10.1. The summed E-state index contributed by atoms with van der Waals surface area (Å²) >= 11 is 0. The number of nitrogens with zero attached hydrogens (tertiary/aromatic N) is 1. The van der Waals surface area contributed by atoms with Gasteiger partial charge < -0.3 is 20.7 Å². The lowest BCUT2D eigenvalue weighted by Crippen LogP contribution is -2.25. The van der Waals surface area contributed by atoms with Crippen molar-refractivity contribution >= 4 is 11.4 Å². The average Bonchev–Trinajstić information content (AvgIpc) is 2.48. The molecular formula is C16H28FN3O. The van der Waals surface area contributed by atoms with E-state index in [-0.39, 0.29) is 5.75 Å². The molecule has 5 heteroatoms. The van der Waals surface area contributed by atoms with Crippen LogP contribution in [0.25, 0.3) is 0 Å². The summed E-state index contributed by atoms with van der Waals surface area (Å²) in [5, 5.41) is 3.26. The zero-order valence-electron chi connectivity index (χ0n) is 13.4. The van der Waals surface area contributed by atoms with E-state index in [9.17, 15) is 4.39 Å². The van der Waals surface area contributed by atoms with Crippen molar-refractivity contribution in [3.63, 3.8) is 0 Å². The molecule has 3 N–H and O–H groups in total. The largest absolute Gasteiger partial charge is 0.490 e. The standard InChI is InChI=1S/C16H28FN3O/c1-4-10-21-16-12-15(14(18)11-13(16)17)19-8-7-9-20(5-2)6-3/h11-12,19H,4-10,18H2,1-3H3. The fraction of sp³-hybridized carbons (Fsp3) is 0.625. The Kier molecular flexibility index (Phi) is 7.90. The van der Waals surface area contributed by atoms with Gasteiger partial charge in [-0.2, -0.15) is 0 Å². The van der Waals surface area contributed by atoms with Gasteiger partial charge in [0.05, 0.1) is 18.0 Å². The SMILES string of the molecule is CCCOc1cc(NCCCN(CC)CC)c(N)cc1F. The molecule has 0 unspecified atom stereocenters. The molecule has 1 aromatic carbocycles. The number of ether oxygens (including phenoxy) is 1. The molecular weight excluding hydrogens is 269 g/mol. The third-order valence-corrected chi connectivity index (χ3v) is 3.43. The fourth-order valence-electron chi connectivity index (χ4n) is 2.11. The van der Waals surface area contributed by atoms with Gasteiger partial charge in [-0.05, 0) is 32.5 Å². The highest BCUT2D eigenvalue weighted by molar-refractivity contribution is 5.68. The highest BCUT2D eigenvalue weighted by atomic mass is 19.1. The van der Waals surface area contributed by atoms with Crippen LogP contribution in [0, 0.1) is 5.82 Å². The maximum atomic E-state index is 13.7. The molecule has 4 nitrogen and oxygen atoms in total. The molecule has 1 rings (SSSR count). The highest BCUT2D eigenvalue weighted by Gasteiger charge is 2.09. The maximum absolute atomic E-state index is 13.7. The highest BCUT2D eigenvalue weighted by Crippen LogP contribution is 2.28. The van der Waals surface area contributed by atoms with Crippen LogP contribution in [-0.2, 0) is 0 Å². The molecule has 0 saturated heterocycles. The molecule has 0 aliphatic rings. The van der Waals surface area contributed by atoms with Crippen molar-refractivity contribution in [3.05, 3.63) is 17.9 Å². The zero-order valence-corrected chi connectivity index (χ0v) is 13.4. The average molecular weight is 297 g/mol. The molecule has 0 atom stereocenters. The Morgan fingerprint density at radius 3 is 2.57 bits per heavy atom. The monoisotopic (exact) mass is 297 g/mol. The molecule has 0 heterocycles. The fourth-order valence-corrected chi connectivity index (χ4v) is 2.11. The molecule has 0 fully saturated rings. The molecule has 120 valence electrons. The number of nitrogens with one attached hydrogen (secondary N) is 1. The summed E-state index contributed by atoms with van der Waals surface area (Å²) in [5.74, 6) is -0.146. The third-order valence-electron chi connectivity index (χ3n) is 3.43. The Bertz CT molecular complexity index is 422. The summed E-state index contributed by atoms with van der Waals surface area (Å²) in [6.45, 7) is 10.8. The van der Waals surface area contributed by atoms with Crippen LogP contribution in [0.2, 0.25) is 0 Å². The summed E-state index contributed by atoms with van der Waals surface area (Å²) in [6.07, 6.45) is 1.86. The number of benzene rings is 1. The van der Waals surface area contributed by atoms with E-state index in [0.29, 0.717) is 12.3 Å². The van der Waals surface area contributed by atoms with Crippen molar-refractivity contribution in [1.29, 1.82) is 0 Å². The van der Waals surface area contributed by atoms with E-state index < -0.39 is 5.82 Å². The first-order valence-corrected chi connectivity index (χ1v) is 7.80. The number of anilines is 2. The van der Waals surface area contributed by atoms with Crippen molar-refractivity contribution in [1.82, 2.24) is 4.90 Å². The van der Waals surface area contributed by atoms with Gasteiger partial charge in [-0.1, -0.05) is 20.8 Å². The minimum absolute atomic E-state index is 0.261. The van der Waals surface area contributed by atoms with Crippen molar-refractivity contribution in [2.75, 3.05) is 43.8 Å². The summed E-state index contributed by atoms with van der Waals surface area (Å²) < 4.78 is 19.1. The van der Waals surface area contributed by atoms with E-state index in [1.54, 1.807) is 6.07 Å². The second-order valence-corrected chi connectivity index (χ2v) is 5.03. The van der Waals surface area contributed by atoms with E-state index in [1.165, 1.54) is 6.07 Å². The smallest absolute Gasteiger partial charge is 0.167 e. The molecule has 0 bridgehead atoms. The van der Waals surface area contributed by atoms with Gasteiger partial charge in [-0.3, -0.25) is 0 Å². The molecule has 0 aliphatic carbocycles. The van der Waals surface area contributed by atoms with Crippen molar-refractivity contribution in [2.45, 2.75) is 33.6 Å².